The predicted octanol–water partition coefficient (Wildman–Crippen LogP) is 4.53. The first-order chi connectivity index (χ1) is 17.7. The summed E-state index contributed by atoms with van der Waals surface area (Å²) in [5, 5.41) is 3.57. The molecule has 1 atom stereocenters. The second-order valence-electron chi connectivity index (χ2n) is 8.34. The molecule has 0 aliphatic carbocycles. The van der Waals surface area contributed by atoms with Gasteiger partial charge in [0.1, 0.15) is 16.7 Å². The maximum atomic E-state index is 13.4. The van der Waals surface area contributed by atoms with Gasteiger partial charge in [-0.25, -0.2) is 13.2 Å². The van der Waals surface area contributed by atoms with Crippen molar-refractivity contribution in [3.8, 4) is 5.75 Å². The summed E-state index contributed by atoms with van der Waals surface area (Å²) in [6.07, 6.45) is 0.147. The number of fused-ring (bicyclic) bond motifs is 1. The minimum atomic E-state index is -4.02. The van der Waals surface area contributed by atoms with Gasteiger partial charge in [-0.15, -0.1) is 11.3 Å². The third-order valence-corrected chi connectivity index (χ3v) is 8.31. The molecule has 10 heteroatoms. The van der Waals surface area contributed by atoms with Gasteiger partial charge < -0.3 is 14.8 Å². The third-order valence-electron chi connectivity index (χ3n) is 5.74. The smallest absolute Gasteiger partial charge is 0.348 e. The molecule has 37 heavy (non-hydrogen) atoms. The fraction of sp³-hybridized carbons (Fsp3) is 0.185. The number of rotatable bonds is 9. The highest BCUT2D eigenvalue weighted by atomic mass is 32.2. The van der Waals surface area contributed by atoms with E-state index in [4.69, 9.17) is 9.47 Å². The second-order valence-corrected chi connectivity index (χ2v) is 11.1. The predicted molar refractivity (Wildman–Crippen MR) is 144 cm³/mol. The largest absolute Gasteiger partial charge is 0.496 e. The SMILES string of the molecule is COC(=O)c1cc2cc(NC(=O)C(Cc3ccccc3)NS(=O)(=O)c3ccc(OC)c(C)c3)ccc2s1. The summed E-state index contributed by atoms with van der Waals surface area (Å²) < 4.78 is 39.9. The van der Waals surface area contributed by atoms with Crippen LogP contribution in [0.4, 0.5) is 5.69 Å². The first kappa shape index (κ1) is 26.3. The summed E-state index contributed by atoms with van der Waals surface area (Å²) in [6, 6.07) is 19.5. The van der Waals surface area contributed by atoms with Gasteiger partial charge in [-0.05, 0) is 72.3 Å². The fourth-order valence-corrected chi connectivity index (χ4v) is 6.10. The molecule has 0 saturated carbocycles. The lowest BCUT2D eigenvalue weighted by Crippen LogP contribution is -2.45. The Labute approximate surface area is 219 Å². The Morgan fingerprint density at radius 1 is 0.973 bits per heavy atom. The number of carbonyl (C=O) groups is 2. The Balaban J connectivity index is 1.60. The quantitative estimate of drug-likeness (QED) is 0.303. The van der Waals surface area contributed by atoms with Gasteiger partial charge in [-0.2, -0.15) is 4.72 Å². The number of sulfonamides is 1. The molecule has 2 N–H and O–H groups in total. The van der Waals surface area contributed by atoms with Gasteiger partial charge in [0.25, 0.3) is 0 Å². The minimum Gasteiger partial charge on any atom is -0.496 e. The number of hydrogen-bond donors (Lipinski definition) is 2. The van der Waals surface area contributed by atoms with Gasteiger partial charge in [0.15, 0.2) is 0 Å². The van der Waals surface area contributed by atoms with Crippen molar-refractivity contribution in [1.82, 2.24) is 4.72 Å². The average Bonchev–Trinajstić information content (AvgIpc) is 3.32. The first-order valence-electron chi connectivity index (χ1n) is 11.3. The third kappa shape index (κ3) is 6.16. The van der Waals surface area contributed by atoms with Crippen molar-refractivity contribution in [1.29, 1.82) is 0 Å². The van der Waals surface area contributed by atoms with Crippen molar-refractivity contribution >= 4 is 49.0 Å². The Morgan fingerprint density at radius 3 is 2.41 bits per heavy atom. The van der Waals surface area contributed by atoms with Crippen LogP contribution >= 0.6 is 11.3 Å². The molecule has 0 saturated heterocycles. The van der Waals surface area contributed by atoms with Gasteiger partial charge >= 0.3 is 5.97 Å². The van der Waals surface area contributed by atoms with Crippen LogP contribution in [-0.4, -0.2) is 40.6 Å². The zero-order chi connectivity index (χ0) is 26.6. The van der Waals surface area contributed by atoms with E-state index >= 15 is 0 Å². The maximum Gasteiger partial charge on any atom is 0.348 e. The number of benzene rings is 3. The molecule has 1 heterocycles. The molecule has 0 radical (unpaired) electrons. The fourth-order valence-electron chi connectivity index (χ4n) is 3.86. The highest BCUT2D eigenvalue weighted by Gasteiger charge is 2.27. The van der Waals surface area contributed by atoms with E-state index in [1.54, 1.807) is 37.3 Å². The van der Waals surface area contributed by atoms with Crippen molar-refractivity contribution < 1.29 is 27.5 Å². The molecule has 192 valence electrons. The van der Waals surface area contributed by atoms with Crippen molar-refractivity contribution in [3.63, 3.8) is 0 Å². The Bertz CT molecular complexity index is 1550. The Kier molecular flexibility index (Phi) is 7.91. The van der Waals surface area contributed by atoms with E-state index in [9.17, 15) is 18.0 Å². The molecule has 4 aromatic rings. The van der Waals surface area contributed by atoms with Crippen LogP contribution in [0, 0.1) is 6.92 Å². The minimum absolute atomic E-state index is 0.0340. The number of esters is 1. The lowest BCUT2D eigenvalue weighted by atomic mass is 10.1. The zero-order valence-corrected chi connectivity index (χ0v) is 22.1. The van der Waals surface area contributed by atoms with E-state index in [-0.39, 0.29) is 11.3 Å². The van der Waals surface area contributed by atoms with Crippen LogP contribution in [-0.2, 0) is 26.0 Å². The topological polar surface area (TPSA) is 111 Å². The molecule has 1 aromatic heterocycles. The van der Waals surface area contributed by atoms with Gasteiger partial charge in [-0.1, -0.05) is 30.3 Å². The van der Waals surface area contributed by atoms with Crippen LogP contribution in [0.2, 0.25) is 0 Å². The zero-order valence-electron chi connectivity index (χ0n) is 20.5. The number of amides is 1. The van der Waals surface area contributed by atoms with Crippen LogP contribution in [0.1, 0.15) is 20.8 Å². The highest BCUT2D eigenvalue weighted by molar-refractivity contribution is 7.89. The van der Waals surface area contributed by atoms with Crippen LogP contribution in [0.15, 0.2) is 77.7 Å². The lowest BCUT2D eigenvalue weighted by molar-refractivity contribution is -0.117. The van der Waals surface area contributed by atoms with Crippen LogP contribution in [0.25, 0.3) is 10.1 Å². The summed E-state index contributed by atoms with van der Waals surface area (Å²) in [5.41, 5.74) is 1.93. The number of nitrogens with one attached hydrogen (secondary N) is 2. The molecule has 0 bridgehead atoms. The van der Waals surface area contributed by atoms with Gasteiger partial charge in [-0.3, -0.25) is 4.79 Å². The van der Waals surface area contributed by atoms with E-state index in [1.807, 2.05) is 30.3 Å². The van der Waals surface area contributed by atoms with Crippen molar-refractivity contribution in [2.45, 2.75) is 24.3 Å². The number of aryl methyl sites for hydroxylation is 1. The van der Waals surface area contributed by atoms with Gasteiger partial charge in [0, 0.05) is 10.4 Å². The van der Waals surface area contributed by atoms with Crippen molar-refractivity contribution in [2.24, 2.45) is 0 Å². The van der Waals surface area contributed by atoms with Gasteiger partial charge in [0.2, 0.25) is 15.9 Å². The molecule has 1 unspecified atom stereocenters. The van der Waals surface area contributed by atoms with Gasteiger partial charge in [0.05, 0.1) is 19.1 Å². The molecule has 8 nitrogen and oxygen atoms in total. The summed E-state index contributed by atoms with van der Waals surface area (Å²) in [7, 11) is -1.19. The number of anilines is 1. The van der Waals surface area contributed by atoms with E-state index in [2.05, 4.69) is 10.0 Å². The molecule has 0 aliphatic heterocycles. The number of carbonyl (C=O) groups excluding carboxylic acids is 2. The number of methoxy groups -OCH3 is 2. The van der Waals surface area contributed by atoms with Crippen LogP contribution in [0.3, 0.4) is 0 Å². The van der Waals surface area contributed by atoms with Crippen molar-refractivity contribution in [2.75, 3.05) is 19.5 Å². The summed E-state index contributed by atoms with van der Waals surface area (Å²) in [4.78, 5) is 25.7. The second kappa shape index (κ2) is 11.1. The monoisotopic (exact) mass is 538 g/mol. The van der Waals surface area contributed by atoms with E-state index in [1.165, 1.54) is 37.7 Å². The maximum absolute atomic E-state index is 13.4. The number of hydrogen-bond acceptors (Lipinski definition) is 7. The molecule has 1 amide bonds. The molecule has 3 aromatic carbocycles. The molecule has 0 fully saturated rings. The Morgan fingerprint density at radius 2 is 1.73 bits per heavy atom. The first-order valence-corrected chi connectivity index (χ1v) is 13.6. The lowest BCUT2D eigenvalue weighted by Gasteiger charge is -2.19. The number of thiophene rings is 1. The molecule has 4 rings (SSSR count). The Hall–Kier alpha value is -3.73. The summed E-state index contributed by atoms with van der Waals surface area (Å²) in [6.45, 7) is 1.75. The van der Waals surface area contributed by atoms with Crippen LogP contribution in [0.5, 0.6) is 5.75 Å². The highest BCUT2D eigenvalue weighted by Crippen LogP contribution is 2.29. The van der Waals surface area contributed by atoms with E-state index < -0.39 is 27.9 Å². The summed E-state index contributed by atoms with van der Waals surface area (Å²) >= 11 is 1.29. The molecule has 0 aliphatic rings. The summed E-state index contributed by atoms with van der Waals surface area (Å²) in [5.74, 6) is -0.380. The normalized spacial score (nSPS) is 12.2. The molecular formula is C27H26N2O6S2. The van der Waals surface area contributed by atoms with Crippen LogP contribution < -0.4 is 14.8 Å². The standard InChI is InChI=1S/C27H26N2O6S2/c1-17-13-21(10-11-23(17)34-2)37(32,33)29-22(14-18-7-5-4-6-8-18)26(30)28-20-9-12-24-19(15-20)16-25(36-24)27(31)35-3/h4-13,15-16,22,29H,14H2,1-3H3,(H,28,30). The number of ether oxygens (including phenoxy) is 2. The van der Waals surface area contributed by atoms with Crippen molar-refractivity contribution in [3.05, 3.63) is 88.8 Å². The van der Waals surface area contributed by atoms with E-state index in [0.717, 1.165) is 15.6 Å². The van der Waals surface area contributed by atoms with E-state index in [0.29, 0.717) is 21.9 Å². The molecular weight excluding hydrogens is 512 g/mol. The molecule has 0 spiro atoms. The average molecular weight is 539 g/mol.